The molecule has 1 rings (SSSR count). The maximum atomic E-state index is 13.0. The lowest BCUT2D eigenvalue weighted by Gasteiger charge is -2.34. The summed E-state index contributed by atoms with van der Waals surface area (Å²) in [5.41, 5.74) is -1.88. The SMILES string of the molecule is COC1CN(C(=O)OC(C)(C)C)C(C)(CS(=O)(=O)F)C1. The van der Waals surface area contributed by atoms with Gasteiger partial charge in [-0.05, 0) is 34.1 Å². The number of ether oxygens (including phenoxy) is 2. The van der Waals surface area contributed by atoms with Gasteiger partial charge in [0.25, 0.3) is 0 Å². The summed E-state index contributed by atoms with van der Waals surface area (Å²) >= 11 is 0. The number of hydrogen-bond acceptors (Lipinski definition) is 5. The third kappa shape index (κ3) is 4.59. The summed E-state index contributed by atoms with van der Waals surface area (Å²) in [6.45, 7) is 6.82. The highest BCUT2D eigenvalue weighted by atomic mass is 32.3. The second-order valence-corrected chi connectivity index (χ2v) is 7.70. The molecule has 0 aromatic rings. The highest BCUT2D eigenvalue weighted by Crippen LogP contribution is 2.33. The van der Waals surface area contributed by atoms with Crippen molar-refractivity contribution < 1.29 is 26.6 Å². The monoisotopic (exact) mass is 311 g/mol. The van der Waals surface area contributed by atoms with E-state index in [0.29, 0.717) is 0 Å². The lowest BCUT2D eigenvalue weighted by Crippen LogP contribution is -2.50. The van der Waals surface area contributed by atoms with Gasteiger partial charge in [0, 0.05) is 7.11 Å². The second-order valence-electron chi connectivity index (χ2n) is 6.33. The topological polar surface area (TPSA) is 72.9 Å². The zero-order chi connectivity index (χ0) is 15.8. The Kier molecular flexibility index (Phi) is 4.70. The summed E-state index contributed by atoms with van der Waals surface area (Å²) in [6.07, 6.45) is -0.760. The van der Waals surface area contributed by atoms with Crippen LogP contribution in [0.15, 0.2) is 0 Å². The molecule has 2 atom stereocenters. The van der Waals surface area contributed by atoms with Crippen LogP contribution in [-0.4, -0.2) is 56.1 Å². The Hall–Kier alpha value is -0.890. The van der Waals surface area contributed by atoms with E-state index in [1.807, 2.05) is 0 Å². The average Bonchev–Trinajstić information content (AvgIpc) is 2.49. The van der Waals surface area contributed by atoms with E-state index in [-0.39, 0.29) is 19.1 Å². The van der Waals surface area contributed by atoms with Crippen LogP contribution in [0.1, 0.15) is 34.1 Å². The predicted molar refractivity (Wildman–Crippen MR) is 71.7 cm³/mol. The fraction of sp³-hybridized carbons (Fsp3) is 0.917. The van der Waals surface area contributed by atoms with Gasteiger partial charge in [-0.1, -0.05) is 0 Å². The van der Waals surface area contributed by atoms with Crippen molar-refractivity contribution in [3.8, 4) is 0 Å². The van der Waals surface area contributed by atoms with Crippen molar-refractivity contribution in [1.82, 2.24) is 4.90 Å². The minimum atomic E-state index is -4.71. The molecule has 1 aliphatic rings. The van der Waals surface area contributed by atoms with E-state index in [9.17, 15) is 17.1 Å². The van der Waals surface area contributed by atoms with Gasteiger partial charge in [0.05, 0.1) is 18.2 Å². The summed E-state index contributed by atoms with van der Waals surface area (Å²) < 4.78 is 45.4. The Morgan fingerprint density at radius 1 is 1.45 bits per heavy atom. The van der Waals surface area contributed by atoms with Crippen LogP contribution in [0.2, 0.25) is 0 Å². The van der Waals surface area contributed by atoms with Crippen molar-refractivity contribution >= 4 is 16.3 Å². The molecule has 20 heavy (non-hydrogen) atoms. The van der Waals surface area contributed by atoms with Gasteiger partial charge in [-0.2, -0.15) is 8.42 Å². The number of carbonyl (C=O) groups excluding carboxylic acids is 1. The fourth-order valence-electron chi connectivity index (χ4n) is 2.37. The van der Waals surface area contributed by atoms with E-state index in [1.165, 1.54) is 18.9 Å². The molecule has 2 unspecified atom stereocenters. The number of hydrogen-bond donors (Lipinski definition) is 0. The molecule has 6 nitrogen and oxygen atoms in total. The first-order valence-electron chi connectivity index (χ1n) is 6.32. The van der Waals surface area contributed by atoms with Gasteiger partial charge < -0.3 is 9.47 Å². The van der Waals surface area contributed by atoms with Crippen molar-refractivity contribution in [2.45, 2.75) is 51.4 Å². The molecule has 1 heterocycles. The quantitative estimate of drug-likeness (QED) is 0.742. The summed E-state index contributed by atoms with van der Waals surface area (Å²) in [6, 6.07) is 0. The molecule has 0 spiro atoms. The van der Waals surface area contributed by atoms with Gasteiger partial charge >= 0.3 is 16.3 Å². The van der Waals surface area contributed by atoms with Crippen LogP contribution in [0.25, 0.3) is 0 Å². The molecule has 0 aliphatic carbocycles. The van der Waals surface area contributed by atoms with Gasteiger partial charge in [-0.25, -0.2) is 4.79 Å². The van der Waals surface area contributed by atoms with Crippen LogP contribution in [0, 0.1) is 0 Å². The van der Waals surface area contributed by atoms with Crippen molar-refractivity contribution in [3.05, 3.63) is 0 Å². The Bertz CT molecular complexity index is 473. The van der Waals surface area contributed by atoms with Crippen LogP contribution in [0.4, 0.5) is 8.68 Å². The van der Waals surface area contributed by atoms with Crippen molar-refractivity contribution in [2.75, 3.05) is 19.4 Å². The highest BCUT2D eigenvalue weighted by Gasteiger charge is 2.48. The van der Waals surface area contributed by atoms with Crippen molar-refractivity contribution in [2.24, 2.45) is 0 Å². The van der Waals surface area contributed by atoms with Crippen LogP contribution < -0.4 is 0 Å². The molecule has 1 saturated heterocycles. The molecule has 1 aliphatic heterocycles. The summed E-state index contributed by atoms with van der Waals surface area (Å²) in [4.78, 5) is 13.4. The first-order valence-corrected chi connectivity index (χ1v) is 7.87. The van der Waals surface area contributed by atoms with Crippen LogP contribution in [-0.2, 0) is 19.7 Å². The van der Waals surface area contributed by atoms with E-state index in [1.54, 1.807) is 20.8 Å². The molecule has 0 saturated carbocycles. The lowest BCUT2D eigenvalue weighted by atomic mass is 10.0. The molecule has 1 amide bonds. The average molecular weight is 311 g/mol. The number of methoxy groups -OCH3 is 1. The van der Waals surface area contributed by atoms with Crippen molar-refractivity contribution in [1.29, 1.82) is 0 Å². The minimum Gasteiger partial charge on any atom is -0.444 e. The number of rotatable bonds is 3. The van der Waals surface area contributed by atoms with Gasteiger partial charge in [0.15, 0.2) is 0 Å². The first kappa shape index (κ1) is 17.2. The molecule has 0 radical (unpaired) electrons. The lowest BCUT2D eigenvalue weighted by molar-refractivity contribution is 0.0120. The van der Waals surface area contributed by atoms with E-state index >= 15 is 0 Å². The number of likely N-dealkylation sites (tertiary alicyclic amines) is 1. The molecule has 8 heteroatoms. The zero-order valence-corrected chi connectivity index (χ0v) is 13.3. The van der Waals surface area contributed by atoms with Gasteiger partial charge in [0.1, 0.15) is 11.4 Å². The second kappa shape index (κ2) is 5.48. The van der Waals surface area contributed by atoms with E-state index in [2.05, 4.69) is 0 Å². The minimum absolute atomic E-state index is 0.178. The smallest absolute Gasteiger partial charge is 0.410 e. The molecule has 0 N–H and O–H groups in total. The maximum Gasteiger partial charge on any atom is 0.410 e. The molecule has 0 aromatic carbocycles. The predicted octanol–water partition coefficient (Wildman–Crippen LogP) is 1.70. The molecular formula is C12H22FNO5S. The van der Waals surface area contributed by atoms with Crippen LogP contribution >= 0.6 is 0 Å². The van der Waals surface area contributed by atoms with Crippen LogP contribution in [0.3, 0.4) is 0 Å². The number of amides is 1. The Balaban J connectivity index is 2.98. The Morgan fingerprint density at radius 2 is 2.00 bits per heavy atom. The third-order valence-electron chi connectivity index (χ3n) is 3.14. The fourth-order valence-corrected chi connectivity index (χ4v) is 3.38. The van der Waals surface area contributed by atoms with Crippen LogP contribution in [0.5, 0.6) is 0 Å². The first-order chi connectivity index (χ1) is 8.86. The van der Waals surface area contributed by atoms with E-state index < -0.39 is 33.2 Å². The molecule has 1 fully saturated rings. The number of carbonyl (C=O) groups is 1. The van der Waals surface area contributed by atoms with Crippen molar-refractivity contribution in [3.63, 3.8) is 0 Å². The summed E-state index contributed by atoms with van der Waals surface area (Å²) in [7, 11) is -3.25. The van der Waals surface area contributed by atoms with Gasteiger partial charge in [-0.15, -0.1) is 3.89 Å². The largest absolute Gasteiger partial charge is 0.444 e. The van der Waals surface area contributed by atoms with Gasteiger partial charge in [-0.3, -0.25) is 4.90 Å². The molecule has 118 valence electrons. The maximum absolute atomic E-state index is 13.0. The molecule has 0 bridgehead atoms. The highest BCUT2D eigenvalue weighted by molar-refractivity contribution is 7.86. The Morgan fingerprint density at radius 3 is 2.40 bits per heavy atom. The normalized spacial score (nSPS) is 27.7. The summed E-state index contributed by atoms with van der Waals surface area (Å²) in [5.74, 6) is -0.765. The Labute approximate surface area is 119 Å². The number of nitrogens with zero attached hydrogens (tertiary/aromatic N) is 1. The molecule has 0 aromatic heterocycles. The summed E-state index contributed by atoms with van der Waals surface area (Å²) in [5, 5.41) is 0. The standard InChI is InChI=1S/C12H22FNO5S/c1-11(2,3)19-10(15)14-7-9(18-5)6-12(14,4)8-20(13,16)17/h9H,6-8H2,1-5H3. The van der Waals surface area contributed by atoms with Gasteiger partial charge in [0.2, 0.25) is 0 Å². The number of halogens is 1. The zero-order valence-electron chi connectivity index (χ0n) is 12.5. The third-order valence-corrected chi connectivity index (χ3v) is 4.10. The molecular weight excluding hydrogens is 289 g/mol. The van der Waals surface area contributed by atoms with E-state index in [4.69, 9.17) is 9.47 Å². The van der Waals surface area contributed by atoms with E-state index in [0.717, 1.165) is 0 Å².